The minimum Gasteiger partial charge on any atom is -0.481 e. The monoisotopic (exact) mass is 497 g/mol. The zero-order valence-corrected chi connectivity index (χ0v) is 22.0. The summed E-state index contributed by atoms with van der Waals surface area (Å²) in [6, 6.07) is 5.91. The second kappa shape index (κ2) is 22.5. The molecule has 6 nitrogen and oxygen atoms in total. The fraction of sp³-hybridized carbons (Fsp3) is 0.633. The second-order valence-corrected chi connectivity index (χ2v) is 9.01. The maximum Gasteiger partial charge on any atom is 0.306 e. The quantitative estimate of drug-likeness (QED) is 0.0604. The summed E-state index contributed by atoms with van der Waals surface area (Å²) in [5.41, 5.74) is -0.0357. The van der Waals surface area contributed by atoms with Crippen molar-refractivity contribution in [3.8, 4) is 29.4 Å². The van der Waals surface area contributed by atoms with Crippen molar-refractivity contribution in [3.63, 3.8) is 0 Å². The Morgan fingerprint density at radius 3 is 1.89 bits per heavy atom. The lowest BCUT2D eigenvalue weighted by molar-refractivity contribution is -0.384. The van der Waals surface area contributed by atoms with E-state index in [1.165, 1.54) is 95.6 Å². The number of carbonyl (C=O) groups is 1. The average molecular weight is 498 g/mol. The number of nitro groups is 1. The Morgan fingerprint density at radius 1 is 0.806 bits per heavy atom. The maximum atomic E-state index is 11.8. The smallest absolute Gasteiger partial charge is 0.306 e. The van der Waals surface area contributed by atoms with Gasteiger partial charge in [0, 0.05) is 12.5 Å². The SMILES string of the molecule is CCCCCCCCCCCCCCCCCC(=O)OCC#CC#CCOc1cccc([N+](=O)[O-])c1. The Balaban J connectivity index is 1.91. The molecule has 1 aromatic rings. The number of esters is 1. The summed E-state index contributed by atoms with van der Waals surface area (Å²) < 4.78 is 10.4. The van der Waals surface area contributed by atoms with Crippen LogP contribution < -0.4 is 4.74 Å². The molecule has 36 heavy (non-hydrogen) atoms. The van der Waals surface area contributed by atoms with Crippen LogP contribution in [0.1, 0.15) is 110 Å². The number of nitro benzene ring substituents is 1. The van der Waals surface area contributed by atoms with Crippen LogP contribution in [0.3, 0.4) is 0 Å². The molecule has 1 aromatic carbocycles. The van der Waals surface area contributed by atoms with Crippen molar-refractivity contribution in [2.45, 2.75) is 110 Å². The van der Waals surface area contributed by atoms with Gasteiger partial charge in [-0.15, -0.1) is 0 Å². The molecular weight excluding hydrogens is 454 g/mol. The number of carbonyl (C=O) groups excluding carboxylic acids is 1. The average Bonchev–Trinajstić information content (AvgIpc) is 2.88. The summed E-state index contributed by atoms with van der Waals surface area (Å²) >= 11 is 0. The molecule has 0 aromatic heterocycles. The highest BCUT2D eigenvalue weighted by Gasteiger charge is 2.05. The lowest BCUT2D eigenvalue weighted by Crippen LogP contribution is -2.04. The zero-order chi connectivity index (χ0) is 26.1. The molecule has 0 atom stereocenters. The van der Waals surface area contributed by atoms with Crippen LogP contribution in [-0.2, 0) is 9.53 Å². The van der Waals surface area contributed by atoms with Crippen molar-refractivity contribution >= 4 is 11.7 Å². The van der Waals surface area contributed by atoms with Gasteiger partial charge in [-0.2, -0.15) is 0 Å². The van der Waals surface area contributed by atoms with Gasteiger partial charge in [0.2, 0.25) is 0 Å². The molecule has 0 unspecified atom stereocenters. The van der Waals surface area contributed by atoms with Crippen molar-refractivity contribution in [1.29, 1.82) is 0 Å². The normalized spacial score (nSPS) is 10.0. The van der Waals surface area contributed by atoms with E-state index >= 15 is 0 Å². The Hall–Kier alpha value is -2.99. The molecule has 0 aliphatic heterocycles. The van der Waals surface area contributed by atoms with Crippen LogP contribution in [0.25, 0.3) is 0 Å². The van der Waals surface area contributed by atoms with Gasteiger partial charge in [-0.1, -0.05) is 103 Å². The molecule has 198 valence electrons. The summed E-state index contributed by atoms with van der Waals surface area (Å²) in [6.07, 6.45) is 19.9. The summed E-state index contributed by atoms with van der Waals surface area (Å²) in [5, 5.41) is 10.7. The first kappa shape index (κ1) is 31.0. The number of hydrogen-bond donors (Lipinski definition) is 0. The zero-order valence-electron chi connectivity index (χ0n) is 22.0. The molecular formula is C30H43NO5. The third-order valence-electron chi connectivity index (χ3n) is 5.87. The van der Waals surface area contributed by atoms with Gasteiger partial charge in [-0.05, 0) is 36.2 Å². The molecule has 6 heteroatoms. The van der Waals surface area contributed by atoms with Crippen molar-refractivity contribution in [2.24, 2.45) is 0 Å². The van der Waals surface area contributed by atoms with E-state index in [1.807, 2.05) is 0 Å². The molecule has 0 bridgehead atoms. The van der Waals surface area contributed by atoms with Crippen LogP contribution in [0.2, 0.25) is 0 Å². The van der Waals surface area contributed by atoms with Crippen LogP contribution in [0.15, 0.2) is 24.3 Å². The molecule has 0 aliphatic carbocycles. The molecule has 0 saturated heterocycles. The fourth-order valence-corrected chi connectivity index (χ4v) is 3.80. The molecule has 0 aliphatic rings. The van der Waals surface area contributed by atoms with E-state index in [1.54, 1.807) is 12.1 Å². The van der Waals surface area contributed by atoms with E-state index in [2.05, 4.69) is 30.6 Å². The number of rotatable bonds is 20. The fourth-order valence-electron chi connectivity index (χ4n) is 3.80. The molecule has 0 N–H and O–H groups in total. The van der Waals surface area contributed by atoms with Gasteiger partial charge >= 0.3 is 5.97 Å². The van der Waals surface area contributed by atoms with Crippen LogP contribution in [0.5, 0.6) is 5.75 Å². The third kappa shape index (κ3) is 18.4. The van der Waals surface area contributed by atoms with Gasteiger partial charge in [0.1, 0.15) is 12.4 Å². The molecule has 1 rings (SSSR count). The summed E-state index contributed by atoms with van der Waals surface area (Å²) in [4.78, 5) is 22.0. The predicted molar refractivity (Wildman–Crippen MR) is 145 cm³/mol. The van der Waals surface area contributed by atoms with Gasteiger partial charge in [0.05, 0.1) is 11.0 Å². The number of nitrogens with zero attached hydrogens (tertiary/aromatic N) is 1. The van der Waals surface area contributed by atoms with Gasteiger partial charge in [0.15, 0.2) is 6.61 Å². The predicted octanol–water partition coefficient (Wildman–Crippen LogP) is 7.79. The van der Waals surface area contributed by atoms with Crippen molar-refractivity contribution < 1.29 is 19.2 Å². The van der Waals surface area contributed by atoms with Gasteiger partial charge in [-0.25, -0.2) is 0 Å². The molecule has 0 amide bonds. The Kier molecular flexibility index (Phi) is 19.4. The highest BCUT2D eigenvalue weighted by Crippen LogP contribution is 2.18. The van der Waals surface area contributed by atoms with Crippen LogP contribution in [0.4, 0.5) is 5.69 Å². The lowest BCUT2D eigenvalue weighted by atomic mass is 10.0. The van der Waals surface area contributed by atoms with Crippen molar-refractivity contribution in [3.05, 3.63) is 34.4 Å². The first-order valence-electron chi connectivity index (χ1n) is 13.6. The number of ether oxygens (including phenoxy) is 2. The molecule has 0 spiro atoms. The van der Waals surface area contributed by atoms with E-state index < -0.39 is 4.92 Å². The van der Waals surface area contributed by atoms with Crippen LogP contribution in [-0.4, -0.2) is 24.1 Å². The standard InChI is InChI=1S/C30H43NO5/c1-2-3-4-5-6-7-8-9-10-11-12-13-14-15-18-24-30(32)36-26-20-17-16-19-25-35-29-23-21-22-28(27-29)31(33)34/h21-23,27H,2-15,18,24-26H2,1H3. The minimum absolute atomic E-state index is 0.0258. The molecule has 0 heterocycles. The highest BCUT2D eigenvalue weighted by molar-refractivity contribution is 5.69. The van der Waals surface area contributed by atoms with Crippen molar-refractivity contribution in [2.75, 3.05) is 13.2 Å². The Morgan fingerprint density at radius 2 is 1.33 bits per heavy atom. The number of unbranched alkanes of at least 4 members (excludes halogenated alkanes) is 14. The summed E-state index contributed by atoms with van der Waals surface area (Å²) in [6.45, 7) is 2.35. The number of benzene rings is 1. The van der Waals surface area contributed by atoms with Gasteiger partial charge in [0.25, 0.3) is 5.69 Å². The van der Waals surface area contributed by atoms with Gasteiger partial charge in [-0.3, -0.25) is 14.9 Å². The van der Waals surface area contributed by atoms with E-state index in [9.17, 15) is 14.9 Å². The topological polar surface area (TPSA) is 78.7 Å². The van der Waals surface area contributed by atoms with Crippen LogP contribution >= 0.6 is 0 Å². The van der Waals surface area contributed by atoms with Crippen molar-refractivity contribution in [1.82, 2.24) is 0 Å². The minimum atomic E-state index is -0.481. The first-order chi connectivity index (χ1) is 17.6. The molecule has 0 fully saturated rings. The second-order valence-electron chi connectivity index (χ2n) is 9.01. The first-order valence-corrected chi connectivity index (χ1v) is 13.6. The van der Waals surface area contributed by atoms with E-state index in [0.717, 1.165) is 12.8 Å². The largest absolute Gasteiger partial charge is 0.481 e. The van der Waals surface area contributed by atoms with Crippen LogP contribution in [0, 0.1) is 33.8 Å². The number of non-ortho nitro benzene ring substituents is 1. The Bertz CT molecular complexity index is 859. The van der Waals surface area contributed by atoms with E-state index in [4.69, 9.17) is 9.47 Å². The molecule has 0 radical (unpaired) electrons. The summed E-state index contributed by atoms with van der Waals surface area (Å²) in [5.74, 6) is 10.7. The molecule has 0 saturated carbocycles. The number of hydrogen-bond acceptors (Lipinski definition) is 5. The highest BCUT2D eigenvalue weighted by atomic mass is 16.6. The van der Waals surface area contributed by atoms with E-state index in [-0.39, 0.29) is 24.9 Å². The van der Waals surface area contributed by atoms with Gasteiger partial charge < -0.3 is 9.47 Å². The summed E-state index contributed by atoms with van der Waals surface area (Å²) in [7, 11) is 0. The van der Waals surface area contributed by atoms with E-state index in [0.29, 0.717) is 12.2 Å². The third-order valence-corrected chi connectivity index (χ3v) is 5.87. The lowest BCUT2D eigenvalue weighted by Gasteiger charge is -2.03. The Labute approximate surface area is 217 Å². The maximum absolute atomic E-state index is 11.8.